The smallest absolute Gasteiger partial charge is 0.307 e. The summed E-state index contributed by atoms with van der Waals surface area (Å²) >= 11 is 0. The van der Waals surface area contributed by atoms with Crippen molar-refractivity contribution in [3.05, 3.63) is 36.4 Å². The lowest BCUT2D eigenvalue weighted by Crippen LogP contribution is -2.36. The lowest BCUT2D eigenvalue weighted by molar-refractivity contribution is -0.146. The molecule has 8 heteroatoms. The maximum Gasteiger partial charge on any atom is 0.307 e. The van der Waals surface area contributed by atoms with Crippen LogP contribution in [0.5, 0.6) is 0 Å². The molecule has 2 aliphatic carbocycles. The van der Waals surface area contributed by atoms with Crippen molar-refractivity contribution in [3.63, 3.8) is 0 Å². The van der Waals surface area contributed by atoms with Gasteiger partial charge in [-0.15, -0.1) is 0 Å². The number of hydrogen-bond donors (Lipinski definition) is 3. The number of amides is 1. The van der Waals surface area contributed by atoms with Crippen LogP contribution in [0.1, 0.15) is 6.42 Å². The SMILES string of the molecule is NS(=O)(=O)c1ccc(NC(=O)[C@H]2[C@@H](C(=O)O)[C@@H]3C=C[C@H]2C3)cc1. The number of carbonyl (C=O) groups is 2. The van der Waals surface area contributed by atoms with Gasteiger partial charge in [0.25, 0.3) is 0 Å². The molecule has 1 aromatic rings. The van der Waals surface area contributed by atoms with Gasteiger partial charge in [0.1, 0.15) is 0 Å². The summed E-state index contributed by atoms with van der Waals surface area (Å²) in [4.78, 5) is 23.8. The van der Waals surface area contributed by atoms with Crippen LogP contribution in [-0.4, -0.2) is 25.4 Å². The first-order chi connectivity index (χ1) is 10.8. The van der Waals surface area contributed by atoms with E-state index < -0.39 is 27.8 Å². The van der Waals surface area contributed by atoms with E-state index in [1.807, 2.05) is 12.2 Å². The van der Waals surface area contributed by atoms with Gasteiger partial charge in [-0.05, 0) is 42.5 Å². The molecule has 1 fully saturated rings. The predicted octanol–water partition coefficient (Wildman–Crippen LogP) is 0.795. The number of rotatable bonds is 4. The van der Waals surface area contributed by atoms with Crippen molar-refractivity contribution < 1.29 is 23.1 Å². The molecule has 0 saturated heterocycles. The van der Waals surface area contributed by atoms with Crippen LogP contribution >= 0.6 is 0 Å². The number of benzene rings is 1. The van der Waals surface area contributed by atoms with E-state index in [-0.39, 0.29) is 22.6 Å². The fraction of sp³-hybridized carbons (Fsp3) is 0.333. The van der Waals surface area contributed by atoms with Gasteiger partial charge in [-0.1, -0.05) is 12.2 Å². The Balaban J connectivity index is 1.77. The average molecular weight is 336 g/mol. The number of allylic oxidation sites excluding steroid dienone is 2. The van der Waals surface area contributed by atoms with Crippen molar-refractivity contribution in [2.75, 3.05) is 5.32 Å². The largest absolute Gasteiger partial charge is 0.481 e. The molecule has 3 rings (SSSR count). The van der Waals surface area contributed by atoms with Crippen molar-refractivity contribution in [3.8, 4) is 0 Å². The molecule has 1 aromatic carbocycles. The van der Waals surface area contributed by atoms with Crippen LogP contribution in [0.25, 0.3) is 0 Å². The molecule has 122 valence electrons. The van der Waals surface area contributed by atoms with Gasteiger partial charge in [-0.3, -0.25) is 9.59 Å². The fourth-order valence-corrected chi connectivity index (χ4v) is 3.99. The molecule has 1 saturated carbocycles. The second kappa shape index (κ2) is 5.47. The number of fused-ring (bicyclic) bond motifs is 2. The van der Waals surface area contributed by atoms with E-state index in [2.05, 4.69) is 5.32 Å². The third kappa shape index (κ3) is 2.87. The average Bonchev–Trinajstić information content (AvgIpc) is 3.07. The van der Waals surface area contributed by atoms with Crippen LogP contribution in [0, 0.1) is 23.7 Å². The van der Waals surface area contributed by atoms with Gasteiger partial charge in [-0.25, -0.2) is 13.6 Å². The molecule has 2 bridgehead atoms. The molecule has 4 atom stereocenters. The van der Waals surface area contributed by atoms with Crippen molar-refractivity contribution in [1.82, 2.24) is 0 Å². The second-order valence-corrected chi connectivity index (χ2v) is 7.46. The maximum absolute atomic E-state index is 12.5. The number of anilines is 1. The van der Waals surface area contributed by atoms with Crippen LogP contribution in [0.3, 0.4) is 0 Å². The highest BCUT2D eigenvalue weighted by atomic mass is 32.2. The quantitative estimate of drug-likeness (QED) is 0.701. The number of aliphatic carboxylic acids is 1. The van der Waals surface area contributed by atoms with Crippen LogP contribution in [0.4, 0.5) is 5.69 Å². The van der Waals surface area contributed by atoms with Crippen LogP contribution in [0.15, 0.2) is 41.3 Å². The molecule has 0 unspecified atom stereocenters. The van der Waals surface area contributed by atoms with Gasteiger partial charge < -0.3 is 10.4 Å². The molecule has 0 radical (unpaired) electrons. The standard InChI is InChI=1S/C15H16N2O5S/c16-23(21,22)11-5-3-10(4-6-11)17-14(18)12-8-1-2-9(7-8)13(12)15(19)20/h1-6,8-9,12-13H,7H2,(H,17,18)(H,19,20)(H2,16,21,22)/t8-,9+,12+,13-/m0/s1. The molecule has 0 spiro atoms. The summed E-state index contributed by atoms with van der Waals surface area (Å²) in [6.07, 6.45) is 4.45. The molecular formula is C15H16N2O5S. The number of nitrogens with one attached hydrogen (secondary N) is 1. The molecule has 1 amide bonds. The monoisotopic (exact) mass is 336 g/mol. The van der Waals surface area contributed by atoms with E-state index in [1.54, 1.807) is 0 Å². The first kappa shape index (κ1) is 15.7. The lowest BCUT2D eigenvalue weighted by Gasteiger charge is -2.23. The summed E-state index contributed by atoms with van der Waals surface area (Å²) < 4.78 is 22.4. The predicted molar refractivity (Wildman–Crippen MR) is 81.8 cm³/mol. The van der Waals surface area contributed by atoms with Crippen molar-refractivity contribution >= 4 is 27.6 Å². The summed E-state index contributed by atoms with van der Waals surface area (Å²) in [5.74, 6) is -2.82. The number of carboxylic acid groups (broad SMARTS) is 1. The Kier molecular flexibility index (Phi) is 3.73. The first-order valence-corrected chi connectivity index (χ1v) is 8.67. The topological polar surface area (TPSA) is 127 Å². The zero-order valence-electron chi connectivity index (χ0n) is 12.0. The number of carboxylic acids is 1. The lowest BCUT2D eigenvalue weighted by atomic mass is 9.82. The summed E-state index contributed by atoms with van der Waals surface area (Å²) in [5, 5.41) is 17.0. The van der Waals surface area contributed by atoms with Gasteiger partial charge in [-0.2, -0.15) is 0 Å². The zero-order chi connectivity index (χ0) is 16.8. The van der Waals surface area contributed by atoms with Crippen molar-refractivity contribution in [2.45, 2.75) is 11.3 Å². The molecule has 0 aromatic heterocycles. The zero-order valence-corrected chi connectivity index (χ0v) is 12.9. The molecule has 23 heavy (non-hydrogen) atoms. The highest BCUT2D eigenvalue weighted by molar-refractivity contribution is 7.89. The normalized spacial score (nSPS) is 28.7. The molecule has 4 N–H and O–H groups in total. The summed E-state index contributed by atoms with van der Waals surface area (Å²) in [6.45, 7) is 0. The fourth-order valence-electron chi connectivity index (χ4n) is 3.47. The summed E-state index contributed by atoms with van der Waals surface area (Å²) in [6, 6.07) is 5.44. The highest BCUT2D eigenvalue weighted by Crippen LogP contribution is 2.48. The Hall–Kier alpha value is -2.19. The van der Waals surface area contributed by atoms with Crippen molar-refractivity contribution in [2.24, 2.45) is 28.8 Å². The number of nitrogens with two attached hydrogens (primary N) is 1. The van der Waals surface area contributed by atoms with E-state index in [1.165, 1.54) is 24.3 Å². The summed E-state index contributed by atoms with van der Waals surface area (Å²) in [7, 11) is -3.79. The van der Waals surface area contributed by atoms with Crippen LogP contribution in [-0.2, 0) is 19.6 Å². The van der Waals surface area contributed by atoms with Gasteiger partial charge >= 0.3 is 5.97 Å². The van der Waals surface area contributed by atoms with E-state index in [0.717, 1.165) is 0 Å². The molecular weight excluding hydrogens is 320 g/mol. The second-order valence-electron chi connectivity index (χ2n) is 5.90. The third-order valence-corrected chi connectivity index (χ3v) is 5.43. The Morgan fingerprint density at radius 1 is 1.09 bits per heavy atom. The van der Waals surface area contributed by atoms with Crippen LogP contribution in [0.2, 0.25) is 0 Å². The first-order valence-electron chi connectivity index (χ1n) is 7.12. The Labute approximate surface area is 133 Å². The van der Waals surface area contributed by atoms with Crippen LogP contribution < -0.4 is 10.5 Å². The Bertz CT molecular complexity index is 785. The van der Waals surface area contributed by atoms with Gasteiger partial charge in [0, 0.05) is 5.69 Å². The number of sulfonamides is 1. The highest BCUT2D eigenvalue weighted by Gasteiger charge is 2.51. The third-order valence-electron chi connectivity index (χ3n) is 4.50. The van der Waals surface area contributed by atoms with Gasteiger partial charge in [0.05, 0.1) is 16.7 Å². The number of carbonyl (C=O) groups excluding carboxylic acids is 1. The maximum atomic E-state index is 12.5. The molecule has 7 nitrogen and oxygen atoms in total. The van der Waals surface area contributed by atoms with E-state index in [4.69, 9.17) is 5.14 Å². The van der Waals surface area contributed by atoms with E-state index >= 15 is 0 Å². The van der Waals surface area contributed by atoms with Gasteiger partial charge in [0.15, 0.2) is 0 Å². The Morgan fingerprint density at radius 3 is 2.17 bits per heavy atom. The molecule has 0 heterocycles. The number of primary sulfonamides is 1. The minimum atomic E-state index is -3.79. The number of hydrogen-bond acceptors (Lipinski definition) is 4. The Morgan fingerprint density at radius 2 is 1.65 bits per heavy atom. The van der Waals surface area contributed by atoms with E-state index in [0.29, 0.717) is 12.1 Å². The minimum Gasteiger partial charge on any atom is -0.481 e. The van der Waals surface area contributed by atoms with Gasteiger partial charge in [0.2, 0.25) is 15.9 Å². The minimum absolute atomic E-state index is 0.0539. The van der Waals surface area contributed by atoms with Crippen molar-refractivity contribution in [1.29, 1.82) is 0 Å². The molecule has 2 aliphatic rings. The molecule has 0 aliphatic heterocycles. The van der Waals surface area contributed by atoms with E-state index in [9.17, 15) is 23.1 Å². The summed E-state index contributed by atoms with van der Waals surface area (Å²) in [5.41, 5.74) is 0.401.